The normalized spacial score (nSPS) is 11.1. The molecule has 0 unspecified atom stereocenters. The zero-order valence-corrected chi connectivity index (χ0v) is 16.6. The summed E-state index contributed by atoms with van der Waals surface area (Å²) in [5.41, 5.74) is 4.65. The molecule has 3 rings (SSSR count). The number of hydrogen-bond donors (Lipinski definition) is 0. The van der Waals surface area contributed by atoms with Gasteiger partial charge in [0.05, 0.1) is 5.69 Å². The molecule has 3 heteroatoms. The highest BCUT2D eigenvalue weighted by atomic mass is 127. The van der Waals surface area contributed by atoms with Crippen LogP contribution < -0.4 is 0 Å². The highest BCUT2D eigenvalue weighted by Crippen LogP contribution is 2.27. The zero-order chi connectivity index (χ0) is 16.9. The monoisotopic (exact) mass is 443 g/mol. The third-order valence-electron chi connectivity index (χ3n) is 3.64. The van der Waals surface area contributed by atoms with Crippen molar-refractivity contribution in [3.8, 4) is 0 Å². The summed E-state index contributed by atoms with van der Waals surface area (Å²) < 4.78 is 1.27. The molecule has 0 bridgehead atoms. The van der Waals surface area contributed by atoms with Gasteiger partial charge in [-0.15, -0.1) is 0 Å². The largest absolute Gasteiger partial charge is 0.256 e. The fraction of sp³-hybridized carbons (Fsp3) is 0.0952. The van der Waals surface area contributed by atoms with Crippen LogP contribution in [0.25, 0.3) is 0 Å². The lowest BCUT2D eigenvalue weighted by Gasteiger charge is -2.03. The van der Waals surface area contributed by atoms with E-state index in [1.165, 1.54) is 24.5 Å². The van der Waals surface area contributed by atoms with Crippen molar-refractivity contribution in [2.75, 3.05) is 0 Å². The van der Waals surface area contributed by atoms with Crippen LogP contribution in [0.5, 0.6) is 0 Å². The van der Waals surface area contributed by atoms with E-state index in [9.17, 15) is 0 Å². The highest BCUT2D eigenvalue weighted by molar-refractivity contribution is 14.1. The molecule has 0 aliphatic rings. The van der Waals surface area contributed by atoms with Gasteiger partial charge in [0, 0.05) is 19.6 Å². The summed E-state index contributed by atoms with van der Waals surface area (Å²) in [6.07, 6.45) is 1.92. The Bertz CT molecular complexity index is 852. The minimum Gasteiger partial charge on any atom is -0.256 e. The van der Waals surface area contributed by atoms with Gasteiger partial charge in [0.2, 0.25) is 0 Å². The van der Waals surface area contributed by atoms with E-state index in [0.717, 1.165) is 11.3 Å². The Kier molecular flexibility index (Phi) is 5.74. The Labute approximate surface area is 161 Å². The number of aryl methyl sites for hydroxylation is 2. The van der Waals surface area contributed by atoms with Crippen molar-refractivity contribution in [1.82, 2.24) is 0 Å². The lowest BCUT2D eigenvalue weighted by Crippen LogP contribution is -1.82. The van der Waals surface area contributed by atoms with Crippen molar-refractivity contribution >= 4 is 46.3 Å². The Hall–Kier alpha value is -1.59. The van der Waals surface area contributed by atoms with E-state index in [2.05, 4.69) is 102 Å². The first kappa shape index (κ1) is 17.2. The van der Waals surface area contributed by atoms with E-state index in [-0.39, 0.29) is 0 Å². The molecular formula is C21H18INS. The van der Waals surface area contributed by atoms with Gasteiger partial charge in [0.15, 0.2) is 0 Å². The maximum Gasteiger partial charge on any atom is 0.0633 e. The number of hydrogen-bond acceptors (Lipinski definition) is 2. The highest BCUT2D eigenvalue weighted by Gasteiger charge is 1.98. The minimum atomic E-state index is 0.992. The van der Waals surface area contributed by atoms with Crippen molar-refractivity contribution in [1.29, 1.82) is 0 Å². The van der Waals surface area contributed by atoms with Gasteiger partial charge in [-0.1, -0.05) is 41.6 Å². The van der Waals surface area contributed by atoms with Crippen molar-refractivity contribution in [2.45, 2.75) is 23.6 Å². The summed E-state index contributed by atoms with van der Waals surface area (Å²) in [6.45, 7) is 4.22. The van der Waals surface area contributed by atoms with Gasteiger partial charge in [0.1, 0.15) is 0 Å². The molecule has 0 spiro atoms. The molecule has 0 saturated heterocycles. The third kappa shape index (κ3) is 4.71. The molecule has 0 aliphatic heterocycles. The molecule has 24 heavy (non-hydrogen) atoms. The summed E-state index contributed by atoms with van der Waals surface area (Å²) in [7, 11) is 0. The molecule has 1 nitrogen and oxygen atoms in total. The van der Waals surface area contributed by atoms with Crippen LogP contribution in [0.15, 0.2) is 81.5 Å². The van der Waals surface area contributed by atoms with E-state index in [0.29, 0.717) is 0 Å². The quantitative estimate of drug-likeness (QED) is 0.319. The molecule has 0 atom stereocenters. The SMILES string of the molecule is Cc1ccc(Sc2ccc(C=Nc3ccc(I)c(C)c3)cc2)cc1. The minimum absolute atomic E-state index is 0.992. The number of aliphatic imine (C=N–C) groups is 1. The molecular weight excluding hydrogens is 425 g/mol. The van der Waals surface area contributed by atoms with Crippen molar-refractivity contribution in [3.05, 3.63) is 87.0 Å². The Morgan fingerprint density at radius 1 is 0.833 bits per heavy atom. The second kappa shape index (κ2) is 7.99. The van der Waals surface area contributed by atoms with Crippen LogP contribution in [-0.2, 0) is 0 Å². The van der Waals surface area contributed by atoms with E-state index in [1.807, 2.05) is 12.3 Å². The maximum absolute atomic E-state index is 4.57. The molecule has 0 radical (unpaired) electrons. The van der Waals surface area contributed by atoms with Crippen LogP contribution in [-0.4, -0.2) is 6.21 Å². The summed E-state index contributed by atoms with van der Waals surface area (Å²) in [4.78, 5) is 7.06. The van der Waals surface area contributed by atoms with E-state index in [1.54, 1.807) is 11.8 Å². The zero-order valence-electron chi connectivity index (χ0n) is 13.7. The average Bonchev–Trinajstić information content (AvgIpc) is 2.59. The molecule has 120 valence electrons. The Morgan fingerprint density at radius 2 is 1.46 bits per heavy atom. The fourth-order valence-electron chi connectivity index (χ4n) is 2.22. The molecule has 3 aromatic rings. The molecule has 0 amide bonds. The van der Waals surface area contributed by atoms with Crippen LogP contribution >= 0.6 is 34.4 Å². The average molecular weight is 443 g/mol. The first-order valence-electron chi connectivity index (χ1n) is 7.75. The molecule has 0 N–H and O–H groups in total. The number of benzene rings is 3. The van der Waals surface area contributed by atoms with Gasteiger partial charge in [-0.3, -0.25) is 4.99 Å². The lowest BCUT2D eigenvalue weighted by molar-refractivity contribution is 1.36. The first-order chi connectivity index (χ1) is 11.6. The van der Waals surface area contributed by atoms with Gasteiger partial charge in [-0.2, -0.15) is 0 Å². The molecule has 0 aromatic heterocycles. The molecule has 0 aliphatic carbocycles. The second-order valence-electron chi connectivity index (χ2n) is 5.68. The van der Waals surface area contributed by atoms with E-state index >= 15 is 0 Å². The van der Waals surface area contributed by atoms with Gasteiger partial charge in [-0.05, 0) is 90.0 Å². The third-order valence-corrected chi connectivity index (χ3v) is 5.87. The van der Waals surface area contributed by atoms with Crippen molar-refractivity contribution in [2.24, 2.45) is 4.99 Å². The van der Waals surface area contributed by atoms with Gasteiger partial charge in [0.25, 0.3) is 0 Å². The predicted octanol–water partition coefficient (Wildman–Crippen LogP) is 6.81. The van der Waals surface area contributed by atoms with Crippen molar-refractivity contribution < 1.29 is 0 Å². The summed E-state index contributed by atoms with van der Waals surface area (Å²) >= 11 is 4.12. The summed E-state index contributed by atoms with van der Waals surface area (Å²) in [5, 5.41) is 0. The van der Waals surface area contributed by atoms with Crippen LogP contribution in [0.3, 0.4) is 0 Å². The fourth-order valence-corrected chi connectivity index (χ4v) is 3.37. The molecule has 3 aromatic carbocycles. The summed E-state index contributed by atoms with van der Waals surface area (Å²) in [6, 6.07) is 23.4. The Balaban J connectivity index is 1.68. The number of halogens is 1. The first-order valence-corrected chi connectivity index (χ1v) is 9.64. The molecule has 0 heterocycles. The second-order valence-corrected chi connectivity index (χ2v) is 7.98. The Morgan fingerprint density at radius 3 is 2.08 bits per heavy atom. The topological polar surface area (TPSA) is 12.4 Å². The van der Waals surface area contributed by atoms with Gasteiger partial charge >= 0.3 is 0 Å². The maximum atomic E-state index is 4.57. The van der Waals surface area contributed by atoms with Gasteiger partial charge < -0.3 is 0 Å². The van der Waals surface area contributed by atoms with Crippen LogP contribution in [0, 0.1) is 17.4 Å². The number of nitrogens with zero attached hydrogens (tertiary/aromatic N) is 1. The van der Waals surface area contributed by atoms with E-state index in [4.69, 9.17) is 0 Å². The number of rotatable bonds is 4. The summed E-state index contributed by atoms with van der Waals surface area (Å²) in [5.74, 6) is 0. The van der Waals surface area contributed by atoms with Crippen LogP contribution in [0.2, 0.25) is 0 Å². The van der Waals surface area contributed by atoms with Gasteiger partial charge in [-0.25, -0.2) is 0 Å². The predicted molar refractivity (Wildman–Crippen MR) is 113 cm³/mol. The van der Waals surface area contributed by atoms with Crippen LogP contribution in [0.4, 0.5) is 5.69 Å². The smallest absolute Gasteiger partial charge is 0.0633 e. The lowest BCUT2D eigenvalue weighted by atomic mass is 10.2. The van der Waals surface area contributed by atoms with Crippen molar-refractivity contribution in [3.63, 3.8) is 0 Å². The van der Waals surface area contributed by atoms with Crippen LogP contribution in [0.1, 0.15) is 16.7 Å². The van der Waals surface area contributed by atoms with E-state index < -0.39 is 0 Å². The standard InChI is InChI=1S/C21H18INS/c1-15-3-8-19(9-4-15)24-20-10-5-17(6-11-20)14-23-18-7-12-21(22)16(2)13-18/h3-14H,1-2H3. The molecule has 0 fully saturated rings. The molecule has 0 saturated carbocycles.